The van der Waals surface area contributed by atoms with Crippen molar-refractivity contribution in [3.05, 3.63) is 77.9 Å². The lowest BCUT2D eigenvalue weighted by atomic mass is 9.90. The largest absolute Gasteiger partial charge is 0.508 e. The number of para-hydroxylation sites is 1. The van der Waals surface area contributed by atoms with Gasteiger partial charge in [0.2, 0.25) is 0 Å². The number of hydrogen-bond donors (Lipinski definition) is 2. The minimum Gasteiger partial charge on any atom is -0.508 e. The zero-order chi connectivity index (χ0) is 14.5. The van der Waals surface area contributed by atoms with Crippen molar-refractivity contribution in [1.82, 2.24) is 0 Å². The Morgan fingerprint density at radius 3 is 2.35 bits per heavy atom. The van der Waals surface area contributed by atoms with E-state index in [-0.39, 0.29) is 18.1 Å². The fourth-order valence-corrected chi connectivity index (χ4v) is 2.21. The van der Waals surface area contributed by atoms with Gasteiger partial charge >= 0.3 is 5.97 Å². The predicted octanol–water partition coefficient (Wildman–Crippen LogP) is 3.34. The molecular weight excluding hydrogens is 252 g/mol. The molecule has 0 amide bonds. The van der Waals surface area contributed by atoms with Gasteiger partial charge < -0.3 is 10.2 Å². The van der Waals surface area contributed by atoms with Gasteiger partial charge in [-0.1, -0.05) is 48.5 Å². The molecule has 2 aromatic carbocycles. The zero-order valence-corrected chi connectivity index (χ0v) is 11.0. The van der Waals surface area contributed by atoms with Crippen molar-refractivity contribution in [2.24, 2.45) is 0 Å². The number of carboxylic acids is 1. The molecule has 3 heteroatoms. The molecule has 1 atom stereocenters. The number of carbonyl (C=O) groups is 1. The molecular formula is C17H16O3. The molecule has 102 valence electrons. The highest BCUT2D eigenvalue weighted by Crippen LogP contribution is 2.31. The molecule has 2 rings (SSSR count). The fourth-order valence-electron chi connectivity index (χ4n) is 2.21. The van der Waals surface area contributed by atoms with Crippen LogP contribution in [-0.4, -0.2) is 16.2 Å². The first-order valence-corrected chi connectivity index (χ1v) is 6.33. The van der Waals surface area contributed by atoms with Crippen molar-refractivity contribution < 1.29 is 15.0 Å². The van der Waals surface area contributed by atoms with E-state index in [9.17, 15) is 9.90 Å². The van der Waals surface area contributed by atoms with E-state index in [1.54, 1.807) is 30.3 Å². The lowest BCUT2D eigenvalue weighted by Crippen LogP contribution is -2.01. The van der Waals surface area contributed by atoms with Gasteiger partial charge in [0.05, 0.1) is 6.42 Å². The van der Waals surface area contributed by atoms with Crippen molar-refractivity contribution in [1.29, 1.82) is 0 Å². The first-order valence-electron chi connectivity index (χ1n) is 6.33. The van der Waals surface area contributed by atoms with Gasteiger partial charge in [0.25, 0.3) is 0 Å². The second-order valence-electron chi connectivity index (χ2n) is 4.58. The van der Waals surface area contributed by atoms with Crippen LogP contribution in [0.5, 0.6) is 5.75 Å². The van der Waals surface area contributed by atoms with E-state index in [4.69, 9.17) is 5.11 Å². The van der Waals surface area contributed by atoms with Crippen LogP contribution in [0.2, 0.25) is 0 Å². The fraction of sp³-hybridized carbons (Fsp3) is 0.118. The average molecular weight is 268 g/mol. The minimum absolute atomic E-state index is 0.00955. The van der Waals surface area contributed by atoms with Crippen LogP contribution in [0.1, 0.15) is 22.6 Å². The molecule has 2 aromatic rings. The topological polar surface area (TPSA) is 57.5 Å². The molecule has 0 aliphatic rings. The van der Waals surface area contributed by atoms with Gasteiger partial charge in [0.1, 0.15) is 5.75 Å². The zero-order valence-electron chi connectivity index (χ0n) is 11.0. The van der Waals surface area contributed by atoms with Crippen molar-refractivity contribution in [3.8, 4) is 5.75 Å². The monoisotopic (exact) mass is 268 g/mol. The van der Waals surface area contributed by atoms with E-state index in [0.29, 0.717) is 0 Å². The summed E-state index contributed by atoms with van der Waals surface area (Å²) in [6.45, 7) is 3.82. The van der Waals surface area contributed by atoms with Gasteiger partial charge in [-0.15, -0.1) is 6.58 Å². The van der Waals surface area contributed by atoms with Crippen molar-refractivity contribution in [2.45, 2.75) is 12.3 Å². The summed E-state index contributed by atoms with van der Waals surface area (Å²) in [6.07, 6.45) is 1.77. The number of carboxylic acid groups (broad SMARTS) is 1. The van der Waals surface area contributed by atoms with Gasteiger partial charge in [0.15, 0.2) is 0 Å². The van der Waals surface area contributed by atoms with Crippen molar-refractivity contribution in [2.75, 3.05) is 0 Å². The Kier molecular flexibility index (Phi) is 4.20. The first kappa shape index (κ1) is 13.9. The van der Waals surface area contributed by atoms with Crippen LogP contribution in [0.15, 0.2) is 61.2 Å². The summed E-state index contributed by atoms with van der Waals surface area (Å²) >= 11 is 0. The maximum absolute atomic E-state index is 10.7. The third-order valence-electron chi connectivity index (χ3n) is 3.20. The number of aliphatic carboxylic acids is 1. The average Bonchev–Trinajstić information content (AvgIpc) is 2.43. The number of allylic oxidation sites excluding steroid dienone is 1. The summed E-state index contributed by atoms with van der Waals surface area (Å²) in [7, 11) is 0. The predicted molar refractivity (Wildman–Crippen MR) is 77.9 cm³/mol. The third kappa shape index (κ3) is 3.06. The molecule has 0 aliphatic carbocycles. The summed E-state index contributed by atoms with van der Waals surface area (Å²) in [5.41, 5.74) is 2.51. The molecule has 0 fully saturated rings. The second-order valence-corrected chi connectivity index (χ2v) is 4.58. The van der Waals surface area contributed by atoms with Crippen LogP contribution in [0, 0.1) is 0 Å². The maximum atomic E-state index is 10.7. The van der Waals surface area contributed by atoms with E-state index in [0.717, 1.165) is 16.7 Å². The Hall–Kier alpha value is -2.55. The molecule has 0 aromatic heterocycles. The Morgan fingerprint density at radius 1 is 1.15 bits per heavy atom. The van der Waals surface area contributed by atoms with Crippen LogP contribution in [-0.2, 0) is 11.2 Å². The number of hydrogen-bond acceptors (Lipinski definition) is 2. The van der Waals surface area contributed by atoms with Crippen LogP contribution in [0.25, 0.3) is 0 Å². The molecule has 0 heterocycles. The van der Waals surface area contributed by atoms with Crippen LogP contribution in [0.4, 0.5) is 0 Å². The minimum atomic E-state index is -0.848. The highest BCUT2D eigenvalue weighted by molar-refractivity contribution is 5.70. The smallest absolute Gasteiger partial charge is 0.307 e. The standard InChI is InChI=1S/C17H16O3/c1-2-14(15-5-3-4-6-16(15)18)13-9-7-12(8-10-13)11-17(19)20/h2-10,14,18H,1,11H2,(H,19,20). The highest BCUT2D eigenvalue weighted by atomic mass is 16.4. The Morgan fingerprint density at radius 2 is 1.80 bits per heavy atom. The quantitative estimate of drug-likeness (QED) is 0.818. The van der Waals surface area contributed by atoms with Gasteiger partial charge in [0, 0.05) is 11.5 Å². The van der Waals surface area contributed by atoms with Gasteiger partial charge in [-0.2, -0.15) is 0 Å². The molecule has 0 bridgehead atoms. The summed E-state index contributed by atoms with van der Waals surface area (Å²) in [5, 5.41) is 18.7. The van der Waals surface area contributed by atoms with Crippen LogP contribution >= 0.6 is 0 Å². The van der Waals surface area contributed by atoms with E-state index in [1.807, 2.05) is 24.3 Å². The molecule has 0 saturated carbocycles. The Balaban J connectivity index is 2.31. The first-order chi connectivity index (χ1) is 9.61. The molecule has 1 unspecified atom stereocenters. The molecule has 0 spiro atoms. The van der Waals surface area contributed by atoms with E-state index in [1.165, 1.54) is 0 Å². The van der Waals surface area contributed by atoms with Gasteiger partial charge in [-0.3, -0.25) is 4.79 Å². The normalized spacial score (nSPS) is 11.8. The summed E-state index contributed by atoms with van der Waals surface area (Å²) in [4.78, 5) is 10.7. The van der Waals surface area contributed by atoms with Crippen molar-refractivity contribution >= 4 is 5.97 Å². The number of phenolic OH excluding ortho intramolecular Hbond substituents is 1. The Labute approximate surface area is 117 Å². The SMILES string of the molecule is C=CC(c1ccc(CC(=O)O)cc1)c1ccccc1O. The molecule has 0 saturated heterocycles. The van der Waals surface area contributed by atoms with Gasteiger partial charge in [-0.25, -0.2) is 0 Å². The molecule has 20 heavy (non-hydrogen) atoms. The van der Waals surface area contributed by atoms with E-state index < -0.39 is 5.97 Å². The number of benzene rings is 2. The lowest BCUT2D eigenvalue weighted by molar-refractivity contribution is -0.136. The van der Waals surface area contributed by atoms with Gasteiger partial charge in [-0.05, 0) is 17.2 Å². The van der Waals surface area contributed by atoms with Crippen LogP contribution in [0.3, 0.4) is 0 Å². The number of aromatic hydroxyl groups is 1. The van der Waals surface area contributed by atoms with Crippen molar-refractivity contribution in [3.63, 3.8) is 0 Å². The Bertz CT molecular complexity index is 614. The molecule has 0 aliphatic heterocycles. The molecule has 0 radical (unpaired) electrons. The summed E-state index contributed by atoms with van der Waals surface area (Å²) < 4.78 is 0. The third-order valence-corrected chi connectivity index (χ3v) is 3.20. The number of phenols is 1. The molecule has 2 N–H and O–H groups in total. The van der Waals surface area contributed by atoms with E-state index >= 15 is 0 Å². The number of rotatable bonds is 5. The lowest BCUT2D eigenvalue weighted by Gasteiger charge is -2.15. The maximum Gasteiger partial charge on any atom is 0.307 e. The summed E-state index contributed by atoms with van der Waals surface area (Å²) in [6, 6.07) is 14.5. The molecule has 3 nitrogen and oxygen atoms in total. The second kappa shape index (κ2) is 6.06. The summed E-state index contributed by atoms with van der Waals surface area (Å²) in [5.74, 6) is -0.735. The highest BCUT2D eigenvalue weighted by Gasteiger charge is 2.14. The van der Waals surface area contributed by atoms with Crippen LogP contribution < -0.4 is 0 Å². The van der Waals surface area contributed by atoms with E-state index in [2.05, 4.69) is 6.58 Å².